The number of hydrogen-bond acceptors (Lipinski definition) is 5. The number of fused-ring (bicyclic) bond motifs is 1. The van der Waals surface area contributed by atoms with Crippen molar-refractivity contribution in [2.45, 2.75) is 6.42 Å². The van der Waals surface area contributed by atoms with Gasteiger partial charge in [-0.05, 0) is 24.6 Å². The zero-order valence-corrected chi connectivity index (χ0v) is 17.0. The third-order valence-electron chi connectivity index (χ3n) is 4.74. The summed E-state index contributed by atoms with van der Waals surface area (Å²) in [5.74, 6) is -1.99. The lowest BCUT2D eigenvalue weighted by molar-refractivity contribution is -0.140. The number of benzene rings is 1. The van der Waals surface area contributed by atoms with Crippen LogP contribution in [-0.4, -0.2) is 66.2 Å². The van der Waals surface area contributed by atoms with Crippen LogP contribution in [0.25, 0.3) is 10.9 Å². The minimum absolute atomic E-state index is 0.0128. The molecular formula is C19H22ClN5O5. The van der Waals surface area contributed by atoms with Gasteiger partial charge >= 0.3 is 0 Å². The summed E-state index contributed by atoms with van der Waals surface area (Å²) in [6.07, 6.45) is 0.557. The maximum Gasteiger partial charge on any atom is 0.268 e. The Bertz CT molecular complexity index is 975. The number of hydrogen-bond donors (Lipinski definition) is 4. The van der Waals surface area contributed by atoms with E-state index >= 15 is 0 Å². The van der Waals surface area contributed by atoms with Crippen LogP contribution in [0.2, 0.25) is 0 Å². The van der Waals surface area contributed by atoms with Crippen molar-refractivity contribution < 1.29 is 23.9 Å². The Balaban J connectivity index is 1.58. The van der Waals surface area contributed by atoms with Gasteiger partial charge in [-0.3, -0.25) is 29.6 Å². The highest BCUT2D eigenvalue weighted by molar-refractivity contribution is 6.27. The molecule has 1 aliphatic heterocycles. The van der Waals surface area contributed by atoms with Crippen LogP contribution < -0.4 is 20.8 Å². The van der Waals surface area contributed by atoms with Gasteiger partial charge in [-0.2, -0.15) is 0 Å². The number of carbonyl (C=O) groups excluding carboxylic acids is 4. The number of aromatic nitrogens is 1. The summed E-state index contributed by atoms with van der Waals surface area (Å²) < 4.78 is 5.27. The van der Waals surface area contributed by atoms with Crippen molar-refractivity contribution in [2.24, 2.45) is 5.92 Å². The van der Waals surface area contributed by atoms with Gasteiger partial charge in [0.15, 0.2) is 0 Å². The van der Waals surface area contributed by atoms with Crippen molar-refractivity contribution in [3.8, 4) is 5.75 Å². The minimum Gasteiger partial charge on any atom is -0.496 e. The van der Waals surface area contributed by atoms with Crippen molar-refractivity contribution >= 4 is 46.1 Å². The molecule has 0 spiro atoms. The fourth-order valence-electron chi connectivity index (χ4n) is 3.20. The monoisotopic (exact) mass is 435 g/mol. The smallest absolute Gasteiger partial charge is 0.268 e. The van der Waals surface area contributed by atoms with Crippen LogP contribution in [0.5, 0.6) is 5.75 Å². The van der Waals surface area contributed by atoms with Gasteiger partial charge in [0.1, 0.15) is 17.3 Å². The molecule has 1 saturated heterocycles. The molecule has 0 bridgehead atoms. The van der Waals surface area contributed by atoms with Gasteiger partial charge < -0.3 is 20.4 Å². The van der Waals surface area contributed by atoms with Gasteiger partial charge in [0, 0.05) is 17.4 Å². The average molecular weight is 436 g/mol. The Hall–Kier alpha value is -3.27. The number of carbonyl (C=O) groups is 4. The van der Waals surface area contributed by atoms with Crippen LogP contribution in [0, 0.1) is 5.92 Å². The number of nitrogens with one attached hydrogen (secondary N) is 4. The van der Waals surface area contributed by atoms with E-state index in [1.165, 1.54) is 7.11 Å². The number of alkyl halides is 1. The van der Waals surface area contributed by atoms with E-state index in [0.29, 0.717) is 18.7 Å². The number of nitrogens with zero attached hydrogens (tertiary/aromatic N) is 1. The van der Waals surface area contributed by atoms with E-state index in [1.54, 1.807) is 24.3 Å². The normalized spacial score (nSPS) is 15.5. The Labute approximate surface area is 177 Å². The molecule has 160 valence electrons. The van der Waals surface area contributed by atoms with Crippen LogP contribution >= 0.6 is 11.6 Å². The Morgan fingerprint density at radius 2 is 2.13 bits per heavy atom. The lowest BCUT2D eigenvalue weighted by Gasteiger charge is -2.24. The molecule has 0 saturated carbocycles. The number of H-pyrrole nitrogens is 1. The summed E-state index contributed by atoms with van der Waals surface area (Å²) in [5.41, 5.74) is 3.38. The fourth-order valence-corrected chi connectivity index (χ4v) is 3.34. The highest BCUT2D eigenvalue weighted by atomic mass is 35.5. The van der Waals surface area contributed by atoms with Gasteiger partial charge in [-0.1, -0.05) is 6.07 Å². The molecule has 11 heteroatoms. The highest BCUT2D eigenvalue weighted by Gasteiger charge is 2.29. The molecule has 4 amide bonds. The number of aromatic amines is 1. The largest absolute Gasteiger partial charge is 0.496 e. The van der Waals surface area contributed by atoms with Crippen molar-refractivity contribution in [1.29, 1.82) is 0 Å². The Morgan fingerprint density at radius 3 is 2.80 bits per heavy atom. The third kappa shape index (κ3) is 4.82. The predicted octanol–water partition coefficient (Wildman–Crippen LogP) is 0.141. The number of methoxy groups -OCH3 is 1. The molecule has 2 aromatic rings. The topological polar surface area (TPSA) is 133 Å². The fraction of sp³-hybridized carbons (Fsp3) is 0.368. The van der Waals surface area contributed by atoms with Crippen molar-refractivity contribution in [1.82, 2.24) is 26.1 Å². The molecule has 1 aromatic heterocycles. The van der Waals surface area contributed by atoms with Crippen LogP contribution in [0.3, 0.4) is 0 Å². The first-order chi connectivity index (χ1) is 14.4. The summed E-state index contributed by atoms with van der Waals surface area (Å²) in [7, 11) is 1.54. The number of ether oxygens (including phenoxy) is 1. The van der Waals surface area contributed by atoms with E-state index in [9.17, 15) is 19.2 Å². The van der Waals surface area contributed by atoms with E-state index in [-0.39, 0.29) is 30.6 Å². The molecule has 1 atom stereocenters. The van der Waals surface area contributed by atoms with Crippen molar-refractivity contribution in [3.63, 3.8) is 0 Å². The van der Waals surface area contributed by atoms with Gasteiger partial charge in [0.25, 0.3) is 17.7 Å². The minimum atomic E-state index is -0.617. The molecule has 3 rings (SSSR count). The molecule has 30 heavy (non-hydrogen) atoms. The summed E-state index contributed by atoms with van der Waals surface area (Å²) >= 11 is 5.60. The van der Waals surface area contributed by atoms with Gasteiger partial charge in [-0.25, -0.2) is 0 Å². The summed E-state index contributed by atoms with van der Waals surface area (Å²) in [5, 5.41) is 6.92. The van der Waals surface area contributed by atoms with Gasteiger partial charge in [0.05, 0.1) is 26.1 Å². The molecule has 1 fully saturated rings. The second-order valence-corrected chi connectivity index (χ2v) is 7.00. The molecule has 0 aliphatic carbocycles. The van der Waals surface area contributed by atoms with E-state index in [4.69, 9.17) is 16.3 Å². The van der Waals surface area contributed by atoms with Crippen LogP contribution in [-0.2, 0) is 14.4 Å². The lowest BCUT2D eigenvalue weighted by atomic mass is 10.1. The number of rotatable bonds is 7. The van der Waals surface area contributed by atoms with Crippen LogP contribution in [0.15, 0.2) is 24.3 Å². The van der Waals surface area contributed by atoms with E-state index in [1.807, 2.05) is 0 Å². The average Bonchev–Trinajstić information content (AvgIpc) is 3.36. The first kappa shape index (κ1) is 21.4. The first-order valence-electron chi connectivity index (χ1n) is 9.30. The molecule has 4 N–H and O–H groups in total. The first-order valence-corrected chi connectivity index (χ1v) is 9.83. The second-order valence-electron chi connectivity index (χ2n) is 6.74. The molecule has 2 heterocycles. The molecule has 1 aliphatic rings. The Kier molecular flexibility index (Phi) is 6.78. The molecule has 10 nitrogen and oxygen atoms in total. The maximum absolute atomic E-state index is 12.4. The van der Waals surface area contributed by atoms with E-state index in [2.05, 4.69) is 21.0 Å². The van der Waals surface area contributed by atoms with Gasteiger partial charge in [0.2, 0.25) is 5.91 Å². The van der Waals surface area contributed by atoms with Crippen molar-refractivity contribution in [2.75, 3.05) is 32.6 Å². The maximum atomic E-state index is 12.4. The predicted molar refractivity (Wildman–Crippen MR) is 109 cm³/mol. The zero-order chi connectivity index (χ0) is 21.7. The summed E-state index contributed by atoms with van der Waals surface area (Å²) in [6.45, 7) is 0.166. The second kappa shape index (κ2) is 9.49. The summed E-state index contributed by atoms with van der Waals surface area (Å²) in [4.78, 5) is 51.3. The molecule has 1 aromatic carbocycles. The van der Waals surface area contributed by atoms with E-state index in [0.717, 1.165) is 15.9 Å². The molecular weight excluding hydrogens is 414 g/mol. The quantitative estimate of drug-likeness (QED) is 0.363. The number of halogens is 1. The SMILES string of the molecule is COc1cccc2[nH]c(C(=O)NCC(=O)NN(C[C@@H]3CCNC3=O)C(=O)CCl)cc12. The van der Waals surface area contributed by atoms with Gasteiger partial charge in [-0.15, -0.1) is 11.6 Å². The highest BCUT2D eigenvalue weighted by Crippen LogP contribution is 2.25. The zero-order valence-electron chi connectivity index (χ0n) is 16.3. The van der Waals surface area contributed by atoms with Crippen molar-refractivity contribution in [3.05, 3.63) is 30.0 Å². The molecule has 0 unspecified atom stereocenters. The third-order valence-corrected chi connectivity index (χ3v) is 4.97. The summed E-state index contributed by atoms with van der Waals surface area (Å²) in [6, 6.07) is 7.00. The molecule has 0 radical (unpaired) electrons. The standard InChI is InChI=1S/C19H22ClN5O5/c1-30-15-4-2-3-13-12(15)7-14(23-13)19(29)22-9-16(26)24-25(17(27)8-20)10-11-5-6-21-18(11)28/h2-4,7,11,23H,5-6,8-10H2,1H3,(H,21,28)(H,22,29)(H,24,26)/t11-/m0/s1. The van der Waals surface area contributed by atoms with Crippen LogP contribution in [0.4, 0.5) is 0 Å². The number of hydrazine groups is 1. The van der Waals surface area contributed by atoms with E-state index < -0.39 is 23.6 Å². The lowest BCUT2D eigenvalue weighted by Crippen LogP contribution is -2.52. The number of amides is 4. The van der Waals surface area contributed by atoms with Crippen LogP contribution in [0.1, 0.15) is 16.9 Å². The Morgan fingerprint density at radius 1 is 1.33 bits per heavy atom.